The molecule has 4 nitrogen and oxygen atoms in total. The van der Waals surface area contributed by atoms with Crippen LogP contribution in [0.2, 0.25) is 0 Å². The summed E-state index contributed by atoms with van der Waals surface area (Å²) in [7, 11) is 0. The first-order valence-electron chi connectivity index (χ1n) is 50.8. The second kappa shape index (κ2) is 31.0. The number of para-hydroxylation sites is 2. The van der Waals surface area contributed by atoms with Crippen LogP contribution in [-0.2, 0) is 21.7 Å². The summed E-state index contributed by atoms with van der Waals surface area (Å²) in [6.45, 7) is 18.9. The molecule has 144 heavy (non-hydrogen) atoms. The van der Waals surface area contributed by atoms with Gasteiger partial charge in [0.05, 0.1) is 44.1 Å². The fraction of sp³-hybridized carbons (Fsp3) is 0.0857. The molecule has 4 aromatic heterocycles. The number of rotatable bonds is 10. The van der Waals surface area contributed by atoms with Crippen LogP contribution >= 0.6 is 0 Å². The SMILES string of the molecule is CC1(C)c2ccccc2-c2ccc(-c3ccc4c(c3)c3cc(-c5ccc6c(c5)c5cc(-c7ccc8c(c7)C(C)(C)c7ccccc7-8)ccc5n6-c5ccc6ccccc6c5)ccc3n4-c3ccc4ccccc4c3)cc21.CC1(C)c2ccccc2-c2ccc(-c3ccc4c(c3)c3cc(-c5ccc6c(c5)c5cc(-c7ccc8c(c7)C(C)(C)c7ccccc7-8)ccc5n6-c5ccccc5)ccc3n4-c3ccccc3)cc21. The second-order valence-corrected chi connectivity index (χ2v) is 42.7. The Hall–Kier alpha value is -17.4. The lowest BCUT2D eigenvalue weighted by Gasteiger charge is -2.22. The third kappa shape index (κ3) is 12.5. The van der Waals surface area contributed by atoms with E-state index >= 15 is 0 Å². The normalized spacial score (nSPS) is 14.1. The minimum absolute atomic E-state index is 0.0632. The highest BCUT2D eigenvalue weighted by Gasteiger charge is 2.40. The molecule has 0 fully saturated rings. The molecule has 4 heteroatoms. The van der Waals surface area contributed by atoms with E-state index in [1.165, 1.54) is 265 Å². The fourth-order valence-corrected chi connectivity index (χ4v) is 26.0. The van der Waals surface area contributed by atoms with Gasteiger partial charge in [-0.25, -0.2) is 0 Å². The molecular weight excluding hydrogens is 1740 g/mol. The van der Waals surface area contributed by atoms with Crippen LogP contribution in [0.3, 0.4) is 0 Å². The molecule has 26 aromatic rings. The topological polar surface area (TPSA) is 19.7 Å². The van der Waals surface area contributed by atoms with Crippen molar-refractivity contribution in [1.29, 1.82) is 0 Å². The molecule has 680 valence electrons. The zero-order valence-electron chi connectivity index (χ0n) is 81.7. The zero-order valence-corrected chi connectivity index (χ0v) is 81.7. The number of aromatic nitrogens is 4. The summed E-state index contributed by atoms with van der Waals surface area (Å²) >= 11 is 0. The molecule has 30 rings (SSSR count). The Morgan fingerprint density at radius 1 is 0.125 bits per heavy atom. The van der Waals surface area contributed by atoms with E-state index < -0.39 is 0 Å². The van der Waals surface area contributed by atoms with Crippen molar-refractivity contribution >= 4 is 109 Å². The van der Waals surface area contributed by atoms with Gasteiger partial charge in [-0.1, -0.05) is 347 Å². The summed E-state index contributed by atoms with van der Waals surface area (Å²) in [6.07, 6.45) is 0. The van der Waals surface area contributed by atoms with E-state index in [-0.39, 0.29) is 21.7 Å². The summed E-state index contributed by atoms with van der Waals surface area (Å²) in [6, 6.07) is 174. The van der Waals surface area contributed by atoms with Crippen LogP contribution in [0.1, 0.15) is 99.9 Å². The van der Waals surface area contributed by atoms with Gasteiger partial charge in [0, 0.05) is 87.5 Å². The highest BCUT2D eigenvalue weighted by atomic mass is 15.0. The van der Waals surface area contributed by atoms with Crippen molar-refractivity contribution in [2.45, 2.75) is 77.0 Å². The molecule has 4 heterocycles. The first-order chi connectivity index (χ1) is 70.4. The van der Waals surface area contributed by atoms with Gasteiger partial charge in [0.2, 0.25) is 0 Å². The number of hydrogen-bond acceptors (Lipinski definition) is 0. The molecule has 0 N–H and O–H groups in total. The number of nitrogens with zero attached hydrogens (tertiary/aromatic N) is 4. The first-order valence-corrected chi connectivity index (χ1v) is 50.8. The lowest BCUT2D eigenvalue weighted by atomic mass is 9.81. The predicted octanol–water partition coefficient (Wildman–Crippen LogP) is 37.3. The molecule has 0 saturated carbocycles. The highest BCUT2D eigenvalue weighted by Crippen LogP contribution is 2.57. The smallest absolute Gasteiger partial charge is 0.0541 e. The zero-order chi connectivity index (χ0) is 96.1. The maximum Gasteiger partial charge on any atom is 0.0541 e. The third-order valence-corrected chi connectivity index (χ3v) is 33.4. The molecule has 0 aliphatic heterocycles. The molecule has 0 saturated heterocycles. The highest BCUT2D eigenvalue weighted by molar-refractivity contribution is 6.17. The maximum absolute atomic E-state index is 2.47. The van der Waals surface area contributed by atoms with Gasteiger partial charge in [-0.15, -0.1) is 0 Å². The molecule has 4 aliphatic carbocycles. The largest absolute Gasteiger partial charge is 0.309 e. The van der Waals surface area contributed by atoms with Crippen molar-refractivity contribution in [3.63, 3.8) is 0 Å². The Morgan fingerprint density at radius 3 is 0.542 bits per heavy atom. The second-order valence-electron chi connectivity index (χ2n) is 42.7. The van der Waals surface area contributed by atoms with Gasteiger partial charge in [0.25, 0.3) is 0 Å². The van der Waals surface area contributed by atoms with Crippen LogP contribution in [0.5, 0.6) is 0 Å². The Morgan fingerprint density at radius 2 is 0.306 bits per heavy atom. The molecule has 0 amide bonds. The molecule has 0 bridgehead atoms. The average Bonchev–Trinajstić information content (AvgIpc) is 1.57. The van der Waals surface area contributed by atoms with E-state index in [9.17, 15) is 0 Å². The Kier molecular flexibility index (Phi) is 18.0. The first kappa shape index (κ1) is 83.5. The van der Waals surface area contributed by atoms with Crippen molar-refractivity contribution in [3.8, 4) is 134 Å². The Labute approximate surface area is 837 Å². The summed E-state index contributed by atoms with van der Waals surface area (Å²) in [4.78, 5) is 0. The minimum Gasteiger partial charge on any atom is -0.309 e. The summed E-state index contributed by atoms with van der Waals surface area (Å²) < 4.78 is 9.79. The number of benzene rings is 22. The molecule has 0 spiro atoms. The van der Waals surface area contributed by atoms with E-state index in [2.05, 4.69) is 535 Å². The summed E-state index contributed by atoms with van der Waals surface area (Å²) in [5.41, 5.74) is 50.5. The van der Waals surface area contributed by atoms with Gasteiger partial charge in [0.15, 0.2) is 0 Å². The van der Waals surface area contributed by atoms with E-state index in [1.54, 1.807) is 0 Å². The Bertz CT molecular complexity index is 9450. The predicted molar refractivity (Wildman–Crippen MR) is 608 cm³/mol. The van der Waals surface area contributed by atoms with Gasteiger partial charge in [-0.3, -0.25) is 0 Å². The fourth-order valence-electron chi connectivity index (χ4n) is 26.0. The molecule has 0 atom stereocenters. The maximum atomic E-state index is 2.47. The standard InChI is InChI=1S/C74H52N2.C66H48N2/c1-73(2)65-19-11-9-17-57(65)59-31-23-53(43-67(59)73)51-27-35-71-63(41-51)61-39-49(25-33-69(61)75(71)55-29-21-45-13-5-7-15-47(45)37-55)50-26-34-70-62(40-50)64-42-52(28-36-72(64)76(70)56-30-22-46-14-6-8-16-48(46)38-56)54-24-32-60-58-18-10-12-20-66(58)74(3,4)68(60)44-54;1-65(2)57-21-13-11-19-49(57)51-29-23-45(39-59(51)65)43-27-33-63-55(37-43)53-35-41(25-31-61(53)67(63)47-15-7-5-8-16-47)42-26-32-62-54(36-42)56-38-44(28-34-64(56)68(62)48-17-9-6-10-18-48)46-24-30-52-50-20-12-14-22-58(50)66(3,4)60(52)40-46/h5-44H,1-4H3;5-40H,1-4H3. The lowest BCUT2D eigenvalue weighted by molar-refractivity contribution is 0.660. The molecular formula is C140H100N4. The minimum atomic E-state index is -0.0799. The van der Waals surface area contributed by atoms with Crippen LogP contribution in [0, 0.1) is 0 Å². The van der Waals surface area contributed by atoms with Gasteiger partial charge >= 0.3 is 0 Å². The molecule has 4 aliphatic rings. The number of fused-ring (bicyclic) bond motifs is 26. The molecule has 0 radical (unpaired) electrons. The van der Waals surface area contributed by atoms with Crippen molar-refractivity contribution in [2.24, 2.45) is 0 Å². The van der Waals surface area contributed by atoms with Gasteiger partial charge < -0.3 is 18.3 Å². The van der Waals surface area contributed by atoms with Crippen LogP contribution in [0.4, 0.5) is 0 Å². The third-order valence-electron chi connectivity index (χ3n) is 33.4. The Balaban J connectivity index is 0.000000138. The van der Waals surface area contributed by atoms with Gasteiger partial charge in [-0.05, 0) is 347 Å². The molecule has 22 aromatic carbocycles. The quantitative estimate of drug-likeness (QED) is 0.130. The van der Waals surface area contributed by atoms with Crippen molar-refractivity contribution < 1.29 is 0 Å². The number of hydrogen-bond donors (Lipinski definition) is 0. The average molecular weight is 1840 g/mol. The van der Waals surface area contributed by atoms with E-state index in [4.69, 9.17) is 0 Å². The van der Waals surface area contributed by atoms with Crippen molar-refractivity contribution in [1.82, 2.24) is 18.3 Å². The molecule has 0 unspecified atom stereocenters. The van der Waals surface area contributed by atoms with Crippen LogP contribution in [0.15, 0.2) is 461 Å². The van der Waals surface area contributed by atoms with Crippen LogP contribution < -0.4 is 0 Å². The van der Waals surface area contributed by atoms with E-state index in [1.807, 2.05) is 0 Å². The summed E-state index contributed by atoms with van der Waals surface area (Å²) in [5.74, 6) is 0. The monoisotopic (exact) mass is 1840 g/mol. The van der Waals surface area contributed by atoms with E-state index in [0.717, 1.165) is 22.7 Å². The van der Waals surface area contributed by atoms with Gasteiger partial charge in [0.1, 0.15) is 0 Å². The van der Waals surface area contributed by atoms with Crippen LogP contribution in [-0.4, -0.2) is 18.3 Å². The lowest BCUT2D eigenvalue weighted by Crippen LogP contribution is -2.14. The van der Waals surface area contributed by atoms with Crippen molar-refractivity contribution in [3.05, 3.63) is 506 Å². The van der Waals surface area contributed by atoms with Crippen molar-refractivity contribution in [2.75, 3.05) is 0 Å². The van der Waals surface area contributed by atoms with Crippen LogP contribution in [0.25, 0.3) is 243 Å². The van der Waals surface area contributed by atoms with E-state index in [0.29, 0.717) is 0 Å². The van der Waals surface area contributed by atoms with Gasteiger partial charge in [-0.2, -0.15) is 0 Å². The summed E-state index contributed by atoms with van der Waals surface area (Å²) in [5, 5.41) is 14.9.